The van der Waals surface area contributed by atoms with Crippen molar-refractivity contribution in [1.29, 1.82) is 0 Å². The molecule has 5 nitrogen and oxygen atoms in total. The third kappa shape index (κ3) is 1.90. The van der Waals surface area contributed by atoms with Crippen molar-refractivity contribution in [3.05, 3.63) is 29.9 Å². The lowest BCUT2D eigenvalue weighted by atomic mass is 9.89. The van der Waals surface area contributed by atoms with Gasteiger partial charge in [0.1, 0.15) is 0 Å². The maximum Gasteiger partial charge on any atom is 0.230 e. The molecule has 0 bridgehead atoms. The molecule has 1 fully saturated rings. The third-order valence-electron chi connectivity index (χ3n) is 3.63. The number of hydrogen-bond acceptors (Lipinski definition) is 5. The monoisotopic (exact) mass is 244 g/mol. The van der Waals surface area contributed by atoms with E-state index < -0.39 is 0 Å². The Labute approximate surface area is 106 Å². The molecule has 94 valence electrons. The zero-order chi connectivity index (χ0) is 12.5. The highest BCUT2D eigenvalue weighted by Gasteiger charge is 2.29. The first-order valence-corrected chi connectivity index (χ1v) is 6.21. The first-order chi connectivity index (χ1) is 8.75. The van der Waals surface area contributed by atoms with Gasteiger partial charge in [0.2, 0.25) is 11.7 Å². The van der Waals surface area contributed by atoms with Gasteiger partial charge >= 0.3 is 0 Å². The molecule has 1 aliphatic rings. The summed E-state index contributed by atoms with van der Waals surface area (Å²) >= 11 is 0. The van der Waals surface area contributed by atoms with E-state index in [0.717, 1.165) is 30.1 Å². The molecule has 18 heavy (non-hydrogen) atoms. The molecule has 2 aromatic heterocycles. The average Bonchev–Trinajstić information content (AvgIpc) is 2.76. The predicted octanol–water partition coefficient (Wildman–Crippen LogP) is 1.76. The van der Waals surface area contributed by atoms with Crippen molar-refractivity contribution in [2.45, 2.75) is 19.8 Å². The maximum absolute atomic E-state index is 5.38. The van der Waals surface area contributed by atoms with Gasteiger partial charge in [0, 0.05) is 23.9 Å². The summed E-state index contributed by atoms with van der Waals surface area (Å²) in [5.74, 6) is 2.27. The van der Waals surface area contributed by atoms with Crippen LogP contribution in [0.25, 0.3) is 11.4 Å². The number of pyridine rings is 1. The lowest BCUT2D eigenvalue weighted by Gasteiger charge is -2.30. The van der Waals surface area contributed by atoms with Crippen LogP contribution in [0.3, 0.4) is 0 Å². The van der Waals surface area contributed by atoms with Crippen LogP contribution >= 0.6 is 0 Å². The van der Waals surface area contributed by atoms with Crippen LogP contribution in [-0.4, -0.2) is 28.2 Å². The largest absolute Gasteiger partial charge is 0.339 e. The topological polar surface area (TPSA) is 63.8 Å². The lowest BCUT2D eigenvalue weighted by Crippen LogP contribution is -2.44. The van der Waals surface area contributed by atoms with Crippen molar-refractivity contribution in [3.8, 4) is 11.4 Å². The summed E-state index contributed by atoms with van der Waals surface area (Å²) in [6.45, 7) is 6.22. The molecule has 0 saturated carbocycles. The summed E-state index contributed by atoms with van der Waals surface area (Å²) in [7, 11) is 0. The molecular weight excluding hydrogens is 228 g/mol. The fourth-order valence-corrected chi connectivity index (χ4v) is 2.09. The Hall–Kier alpha value is -1.75. The smallest absolute Gasteiger partial charge is 0.230 e. The molecule has 3 rings (SSSR count). The van der Waals surface area contributed by atoms with Crippen molar-refractivity contribution < 1.29 is 4.52 Å². The molecule has 0 spiro atoms. The van der Waals surface area contributed by atoms with E-state index in [1.54, 1.807) is 12.4 Å². The molecule has 1 N–H and O–H groups in total. The van der Waals surface area contributed by atoms with Crippen LogP contribution in [0.15, 0.2) is 23.0 Å². The molecule has 0 amide bonds. The Bertz CT molecular complexity index is 547. The van der Waals surface area contributed by atoms with E-state index in [-0.39, 0.29) is 0 Å². The Morgan fingerprint density at radius 3 is 2.94 bits per heavy atom. The van der Waals surface area contributed by atoms with Crippen molar-refractivity contribution in [3.63, 3.8) is 0 Å². The second-order valence-electron chi connectivity index (χ2n) is 4.85. The first-order valence-electron chi connectivity index (χ1n) is 6.21. The minimum atomic E-state index is 0.310. The summed E-state index contributed by atoms with van der Waals surface area (Å²) in [5.41, 5.74) is 2.04. The molecule has 2 aromatic rings. The lowest BCUT2D eigenvalue weighted by molar-refractivity contribution is 0.252. The van der Waals surface area contributed by atoms with E-state index in [2.05, 4.69) is 27.4 Å². The molecule has 1 aliphatic heterocycles. The number of aryl methyl sites for hydroxylation is 1. The Kier molecular flexibility index (Phi) is 2.83. The highest BCUT2D eigenvalue weighted by molar-refractivity contribution is 5.57. The maximum atomic E-state index is 5.38. The first kappa shape index (κ1) is 11.3. The molecule has 3 heterocycles. The van der Waals surface area contributed by atoms with Gasteiger partial charge in [0.15, 0.2) is 0 Å². The quantitative estimate of drug-likeness (QED) is 0.891. The Morgan fingerprint density at radius 2 is 2.28 bits per heavy atom. The molecule has 1 unspecified atom stereocenters. The minimum Gasteiger partial charge on any atom is -0.339 e. The van der Waals surface area contributed by atoms with E-state index in [9.17, 15) is 0 Å². The van der Waals surface area contributed by atoms with Gasteiger partial charge in [0.05, 0.1) is 0 Å². The van der Waals surface area contributed by atoms with Crippen LogP contribution in [0, 0.1) is 12.8 Å². The Morgan fingerprint density at radius 1 is 1.44 bits per heavy atom. The van der Waals surface area contributed by atoms with Gasteiger partial charge in [-0.1, -0.05) is 12.1 Å². The highest BCUT2D eigenvalue weighted by atomic mass is 16.5. The Balaban J connectivity index is 1.87. The fourth-order valence-electron chi connectivity index (χ4n) is 2.09. The summed E-state index contributed by atoms with van der Waals surface area (Å²) in [4.78, 5) is 8.61. The van der Waals surface area contributed by atoms with E-state index in [4.69, 9.17) is 4.52 Å². The third-order valence-corrected chi connectivity index (χ3v) is 3.63. The predicted molar refractivity (Wildman–Crippen MR) is 67.0 cm³/mol. The van der Waals surface area contributed by atoms with Crippen LogP contribution in [0.5, 0.6) is 0 Å². The molecule has 1 saturated heterocycles. The number of hydrogen-bond donors (Lipinski definition) is 1. The van der Waals surface area contributed by atoms with Crippen LogP contribution in [0.1, 0.15) is 24.3 Å². The summed E-state index contributed by atoms with van der Waals surface area (Å²) in [5, 5.41) is 7.32. The second-order valence-corrected chi connectivity index (χ2v) is 4.85. The van der Waals surface area contributed by atoms with Crippen LogP contribution in [0.4, 0.5) is 0 Å². The van der Waals surface area contributed by atoms with E-state index in [1.165, 1.54) is 0 Å². The number of aromatic nitrogens is 3. The summed E-state index contributed by atoms with van der Waals surface area (Å²) < 4.78 is 5.38. The van der Waals surface area contributed by atoms with Crippen molar-refractivity contribution in [1.82, 2.24) is 20.4 Å². The van der Waals surface area contributed by atoms with Gasteiger partial charge in [-0.25, -0.2) is 0 Å². The zero-order valence-electron chi connectivity index (χ0n) is 10.6. The number of rotatable bonds is 3. The average molecular weight is 244 g/mol. The van der Waals surface area contributed by atoms with E-state index >= 15 is 0 Å². The van der Waals surface area contributed by atoms with Gasteiger partial charge in [-0.05, 0) is 37.6 Å². The van der Waals surface area contributed by atoms with Crippen molar-refractivity contribution >= 4 is 0 Å². The molecular formula is C13H16N4O. The fraction of sp³-hybridized carbons (Fsp3) is 0.462. The molecule has 0 aromatic carbocycles. The molecule has 1 atom stereocenters. The number of nitrogens with zero attached hydrogens (tertiary/aromatic N) is 3. The summed E-state index contributed by atoms with van der Waals surface area (Å²) in [6, 6.07) is 1.95. The van der Waals surface area contributed by atoms with Gasteiger partial charge < -0.3 is 9.84 Å². The van der Waals surface area contributed by atoms with Gasteiger partial charge in [-0.3, -0.25) is 4.98 Å². The zero-order valence-corrected chi connectivity index (χ0v) is 10.6. The standard InChI is InChI=1S/C13H16N4O/c1-8-3-4-14-7-11(8)12-16-13(18-17-12)9(2)10-5-15-6-10/h3-4,7,9-10,15H,5-6H2,1-2H3. The van der Waals surface area contributed by atoms with Crippen molar-refractivity contribution in [2.24, 2.45) is 5.92 Å². The van der Waals surface area contributed by atoms with Gasteiger partial charge in [-0.15, -0.1) is 0 Å². The minimum absolute atomic E-state index is 0.310. The van der Waals surface area contributed by atoms with Crippen molar-refractivity contribution in [2.75, 3.05) is 13.1 Å². The van der Waals surface area contributed by atoms with E-state index in [1.807, 2.05) is 13.0 Å². The molecule has 0 aliphatic carbocycles. The summed E-state index contributed by atoms with van der Waals surface area (Å²) in [6.07, 6.45) is 3.54. The SMILES string of the molecule is Cc1ccncc1-c1noc(C(C)C2CNC2)n1. The molecule has 0 radical (unpaired) electrons. The van der Waals surface area contributed by atoms with Crippen LogP contribution in [-0.2, 0) is 0 Å². The van der Waals surface area contributed by atoms with Gasteiger partial charge in [-0.2, -0.15) is 4.98 Å². The highest BCUT2D eigenvalue weighted by Crippen LogP contribution is 2.28. The van der Waals surface area contributed by atoms with Gasteiger partial charge in [0.25, 0.3) is 0 Å². The van der Waals surface area contributed by atoms with Crippen LogP contribution < -0.4 is 5.32 Å². The van der Waals surface area contributed by atoms with E-state index in [0.29, 0.717) is 17.7 Å². The second kappa shape index (κ2) is 4.49. The normalized spacial score (nSPS) is 17.4. The number of nitrogens with one attached hydrogen (secondary N) is 1. The van der Waals surface area contributed by atoms with Crippen LogP contribution in [0.2, 0.25) is 0 Å². The molecule has 5 heteroatoms.